The maximum absolute atomic E-state index is 12.5. The molecule has 156 valence electrons. The summed E-state index contributed by atoms with van der Waals surface area (Å²) in [6, 6.07) is 11.0. The lowest BCUT2D eigenvalue weighted by molar-refractivity contribution is -0.133. The van der Waals surface area contributed by atoms with E-state index in [9.17, 15) is 9.59 Å². The Hall–Kier alpha value is -2.87. The molecular formula is C21H25NO6S. The van der Waals surface area contributed by atoms with Crippen LogP contribution in [0.25, 0.3) is 0 Å². The van der Waals surface area contributed by atoms with Gasteiger partial charge in [-0.2, -0.15) is 0 Å². The van der Waals surface area contributed by atoms with E-state index in [1.54, 1.807) is 24.9 Å². The van der Waals surface area contributed by atoms with Crippen molar-refractivity contribution in [3.05, 3.63) is 47.5 Å². The summed E-state index contributed by atoms with van der Waals surface area (Å²) in [5.74, 6) is -0.113. The minimum atomic E-state index is -0.686. The highest BCUT2D eigenvalue weighted by molar-refractivity contribution is 7.98. The molecule has 1 amide bonds. The zero-order valence-electron chi connectivity index (χ0n) is 17.2. The number of esters is 1. The van der Waals surface area contributed by atoms with Gasteiger partial charge in [0.2, 0.25) is 5.75 Å². The van der Waals surface area contributed by atoms with Crippen LogP contribution in [0.5, 0.6) is 17.2 Å². The minimum Gasteiger partial charge on any atom is -0.493 e. The first-order chi connectivity index (χ1) is 13.9. The Morgan fingerprint density at radius 1 is 0.931 bits per heavy atom. The van der Waals surface area contributed by atoms with Gasteiger partial charge in [0.05, 0.1) is 21.3 Å². The monoisotopic (exact) mass is 419 g/mol. The molecule has 0 radical (unpaired) electrons. The molecule has 0 aliphatic heterocycles. The van der Waals surface area contributed by atoms with E-state index >= 15 is 0 Å². The SMILES string of the molecule is COc1ccc(C(=O)OCC(=O)N(C)Cc2ccc(SC)cc2)c(OC)c1OC. The predicted molar refractivity (Wildman–Crippen MR) is 111 cm³/mol. The second-order valence-corrected chi connectivity index (χ2v) is 6.94. The molecule has 0 saturated carbocycles. The summed E-state index contributed by atoms with van der Waals surface area (Å²) in [7, 11) is 6.00. The molecule has 7 nitrogen and oxygen atoms in total. The third-order valence-corrected chi connectivity index (χ3v) is 5.00. The van der Waals surface area contributed by atoms with Gasteiger partial charge >= 0.3 is 5.97 Å². The average Bonchev–Trinajstić information content (AvgIpc) is 2.76. The minimum absolute atomic E-state index is 0.147. The molecule has 0 bridgehead atoms. The van der Waals surface area contributed by atoms with E-state index in [1.807, 2.05) is 30.5 Å². The average molecular weight is 419 g/mol. The zero-order valence-corrected chi connectivity index (χ0v) is 18.0. The van der Waals surface area contributed by atoms with E-state index in [2.05, 4.69) is 0 Å². The van der Waals surface area contributed by atoms with Crippen LogP contribution >= 0.6 is 11.8 Å². The van der Waals surface area contributed by atoms with E-state index in [4.69, 9.17) is 18.9 Å². The fourth-order valence-electron chi connectivity index (χ4n) is 2.67. The largest absolute Gasteiger partial charge is 0.493 e. The molecule has 2 aromatic rings. The topological polar surface area (TPSA) is 74.3 Å². The Morgan fingerprint density at radius 3 is 2.14 bits per heavy atom. The summed E-state index contributed by atoms with van der Waals surface area (Å²) in [5.41, 5.74) is 1.14. The predicted octanol–water partition coefficient (Wildman–Crippen LogP) is 3.25. The van der Waals surface area contributed by atoms with Gasteiger partial charge in [-0.1, -0.05) is 12.1 Å². The molecule has 8 heteroatoms. The number of nitrogens with zero attached hydrogens (tertiary/aromatic N) is 1. The first-order valence-electron chi connectivity index (χ1n) is 8.78. The maximum Gasteiger partial charge on any atom is 0.342 e. The van der Waals surface area contributed by atoms with Crippen molar-refractivity contribution >= 4 is 23.6 Å². The first kappa shape index (κ1) is 22.4. The second kappa shape index (κ2) is 10.6. The highest BCUT2D eigenvalue weighted by atomic mass is 32.2. The molecule has 0 fully saturated rings. The summed E-state index contributed by atoms with van der Waals surface area (Å²) >= 11 is 1.65. The van der Waals surface area contributed by atoms with E-state index in [1.165, 1.54) is 32.3 Å². The second-order valence-electron chi connectivity index (χ2n) is 6.06. The third-order valence-electron chi connectivity index (χ3n) is 4.26. The molecule has 29 heavy (non-hydrogen) atoms. The maximum atomic E-state index is 12.5. The van der Waals surface area contributed by atoms with Crippen LogP contribution in [0.4, 0.5) is 0 Å². The van der Waals surface area contributed by atoms with Crippen LogP contribution < -0.4 is 14.2 Å². The molecular weight excluding hydrogens is 394 g/mol. The van der Waals surface area contributed by atoms with Crippen molar-refractivity contribution in [1.82, 2.24) is 4.90 Å². The van der Waals surface area contributed by atoms with Crippen LogP contribution in [-0.4, -0.2) is 58.0 Å². The van der Waals surface area contributed by atoms with Gasteiger partial charge in [-0.15, -0.1) is 11.8 Å². The molecule has 0 saturated heterocycles. The Balaban J connectivity index is 2.01. The highest BCUT2D eigenvalue weighted by Crippen LogP contribution is 2.39. The molecule has 0 spiro atoms. The molecule has 0 atom stereocenters. The normalized spacial score (nSPS) is 10.2. The number of likely N-dealkylation sites (N-methyl/N-ethyl adjacent to an activating group) is 1. The molecule has 2 aromatic carbocycles. The van der Waals surface area contributed by atoms with Crippen LogP contribution in [0, 0.1) is 0 Å². The summed E-state index contributed by atoms with van der Waals surface area (Å²) in [6.07, 6.45) is 2.01. The van der Waals surface area contributed by atoms with Gasteiger partial charge in [-0.05, 0) is 36.1 Å². The van der Waals surface area contributed by atoms with Crippen LogP contribution in [0.3, 0.4) is 0 Å². The van der Waals surface area contributed by atoms with Gasteiger partial charge in [0.1, 0.15) is 5.56 Å². The highest BCUT2D eigenvalue weighted by Gasteiger charge is 2.23. The molecule has 0 heterocycles. The fraction of sp³-hybridized carbons (Fsp3) is 0.333. The molecule has 0 aromatic heterocycles. The van der Waals surface area contributed by atoms with Crippen LogP contribution in [0.1, 0.15) is 15.9 Å². The van der Waals surface area contributed by atoms with E-state index in [0.717, 1.165) is 10.5 Å². The number of methoxy groups -OCH3 is 3. The van der Waals surface area contributed by atoms with Gasteiger partial charge in [0.15, 0.2) is 18.1 Å². The number of carbonyl (C=O) groups is 2. The zero-order chi connectivity index (χ0) is 21.4. The van der Waals surface area contributed by atoms with E-state index < -0.39 is 5.97 Å². The van der Waals surface area contributed by atoms with Crippen molar-refractivity contribution in [2.75, 3.05) is 41.2 Å². The number of hydrogen-bond donors (Lipinski definition) is 0. The van der Waals surface area contributed by atoms with Gasteiger partial charge in [-0.3, -0.25) is 4.79 Å². The number of hydrogen-bond acceptors (Lipinski definition) is 7. The Morgan fingerprint density at radius 2 is 1.59 bits per heavy atom. The van der Waals surface area contributed by atoms with E-state index in [0.29, 0.717) is 12.3 Å². The van der Waals surface area contributed by atoms with Gasteiger partial charge in [0.25, 0.3) is 5.91 Å². The number of benzene rings is 2. The first-order valence-corrected chi connectivity index (χ1v) is 10.0. The van der Waals surface area contributed by atoms with Crippen molar-refractivity contribution in [3.8, 4) is 17.2 Å². The Kier molecular flexibility index (Phi) is 8.21. The lowest BCUT2D eigenvalue weighted by Gasteiger charge is -2.18. The van der Waals surface area contributed by atoms with Gasteiger partial charge < -0.3 is 23.8 Å². The summed E-state index contributed by atoms with van der Waals surface area (Å²) in [4.78, 5) is 27.5. The quantitative estimate of drug-likeness (QED) is 0.456. The molecule has 0 N–H and O–H groups in total. The summed E-state index contributed by atoms with van der Waals surface area (Å²) in [6.45, 7) is 0.0421. The van der Waals surface area contributed by atoms with Crippen LogP contribution in [0.2, 0.25) is 0 Å². The van der Waals surface area contributed by atoms with E-state index in [-0.39, 0.29) is 29.6 Å². The van der Waals surface area contributed by atoms with Crippen molar-refractivity contribution in [3.63, 3.8) is 0 Å². The number of rotatable bonds is 9. The van der Waals surface area contributed by atoms with Gasteiger partial charge in [0, 0.05) is 18.5 Å². The number of ether oxygens (including phenoxy) is 4. The molecule has 0 aliphatic rings. The van der Waals surface area contributed by atoms with Crippen LogP contribution in [-0.2, 0) is 16.1 Å². The molecule has 2 rings (SSSR count). The lowest BCUT2D eigenvalue weighted by atomic mass is 10.1. The Bertz CT molecular complexity index is 853. The van der Waals surface area contributed by atoms with Gasteiger partial charge in [-0.25, -0.2) is 4.79 Å². The number of carbonyl (C=O) groups excluding carboxylic acids is 2. The number of thioether (sulfide) groups is 1. The smallest absolute Gasteiger partial charge is 0.342 e. The lowest BCUT2D eigenvalue weighted by Crippen LogP contribution is -2.30. The fourth-order valence-corrected chi connectivity index (χ4v) is 3.08. The van der Waals surface area contributed by atoms with Crippen LogP contribution in [0.15, 0.2) is 41.3 Å². The number of amides is 1. The van der Waals surface area contributed by atoms with Crippen molar-refractivity contribution in [2.24, 2.45) is 0 Å². The standard InChI is InChI=1S/C21H25NO6S/c1-22(12-14-6-8-15(29-5)9-7-14)18(23)13-28-21(24)16-10-11-17(25-2)20(27-4)19(16)26-3/h6-11H,12-13H2,1-5H3. The van der Waals surface area contributed by atoms with Crippen molar-refractivity contribution in [1.29, 1.82) is 0 Å². The molecule has 0 unspecified atom stereocenters. The summed E-state index contributed by atoms with van der Waals surface area (Å²) in [5, 5.41) is 0. The third kappa shape index (κ3) is 5.57. The van der Waals surface area contributed by atoms with Crippen molar-refractivity contribution < 1.29 is 28.5 Å². The Labute approximate surface area is 174 Å². The summed E-state index contributed by atoms with van der Waals surface area (Å²) < 4.78 is 20.9. The molecule has 0 aliphatic carbocycles. The van der Waals surface area contributed by atoms with Crippen molar-refractivity contribution in [2.45, 2.75) is 11.4 Å².